The molecule has 0 heterocycles. The smallest absolute Gasteiger partial charge is 0.409 e. The van der Waals surface area contributed by atoms with Gasteiger partial charge in [0, 0.05) is 0 Å². The van der Waals surface area contributed by atoms with Gasteiger partial charge in [0.25, 0.3) is 0 Å². The minimum absolute atomic E-state index is 0.0125. The first kappa shape index (κ1) is 17.0. The predicted molar refractivity (Wildman–Crippen MR) is 67.4 cm³/mol. The molecule has 114 valence electrons. The molecule has 0 fully saturated rings. The first-order valence-corrected chi connectivity index (χ1v) is 6.48. The maximum atomic E-state index is 13.4. The second-order valence-electron chi connectivity index (χ2n) is 5.02. The fraction of sp³-hybridized carbons (Fsp3) is 0.692. The number of rotatable bonds is 3. The van der Waals surface area contributed by atoms with Crippen LogP contribution in [0.15, 0.2) is 11.1 Å². The van der Waals surface area contributed by atoms with Crippen LogP contribution in [-0.4, -0.2) is 29.9 Å². The van der Waals surface area contributed by atoms with Gasteiger partial charge in [-0.1, -0.05) is 11.1 Å². The van der Waals surface area contributed by atoms with E-state index >= 15 is 0 Å². The summed E-state index contributed by atoms with van der Waals surface area (Å²) < 4.78 is 44.8. The molecule has 0 aromatic heterocycles. The quantitative estimate of drug-likeness (QED) is 0.264. The van der Waals surface area contributed by atoms with Crippen molar-refractivity contribution in [3.8, 4) is 0 Å². The Morgan fingerprint density at radius 3 is 2.25 bits per heavy atom. The van der Waals surface area contributed by atoms with Crippen LogP contribution < -0.4 is 0 Å². The van der Waals surface area contributed by atoms with Crippen LogP contribution in [0.1, 0.15) is 33.6 Å². The summed E-state index contributed by atoms with van der Waals surface area (Å²) in [6.45, 7) is 4.43. The van der Waals surface area contributed by atoms with Crippen molar-refractivity contribution in [2.24, 2.45) is 5.41 Å². The standard InChI is InChI=1S/C13H16ClF3O3/c1-4-20-10(19)11(7-18)5-8(2)9(3)6-12(11,14)13(15,16)17/h7H,4-6H2,1-3H3. The number of aldehydes is 1. The van der Waals surface area contributed by atoms with E-state index in [0.29, 0.717) is 11.1 Å². The second-order valence-corrected chi connectivity index (χ2v) is 5.67. The lowest BCUT2D eigenvalue weighted by molar-refractivity contribution is -0.204. The Hall–Kier alpha value is -1.04. The van der Waals surface area contributed by atoms with Crippen LogP contribution >= 0.6 is 11.6 Å². The van der Waals surface area contributed by atoms with Gasteiger partial charge in [-0.2, -0.15) is 13.2 Å². The van der Waals surface area contributed by atoms with Crippen LogP contribution in [0, 0.1) is 5.41 Å². The van der Waals surface area contributed by atoms with Gasteiger partial charge >= 0.3 is 12.1 Å². The molecule has 0 bridgehead atoms. The summed E-state index contributed by atoms with van der Waals surface area (Å²) in [6, 6.07) is 0. The molecule has 0 aliphatic heterocycles. The van der Waals surface area contributed by atoms with Gasteiger partial charge in [0.15, 0.2) is 10.3 Å². The highest BCUT2D eigenvalue weighted by Gasteiger charge is 2.71. The van der Waals surface area contributed by atoms with E-state index in [4.69, 9.17) is 11.6 Å². The average Bonchev–Trinajstić information content (AvgIpc) is 2.32. The summed E-state index contributed by atoms with van der Waals surface area (Å²) >= 11 is 5.77. The Morgan fingerprint density at radius 2 is 1.85 bits per heavy atom. The molecule has 20 heavy (non-hydrogen) atoms. The predicted octanol–water partition coefficient (Wildman–Crippen LogP) is 3.40. The molecule has 2 atom stereocenters. The normalized spacial score (nSPS) is 31.1. The molecule has 0 aromatic carbocycles. The van der Waals surface area contributed by atoms with E-state index in [9.17, 15) is 22.8 Å². The van der Waals surface area contributed by atoms with Crippen molar-refractivity contribution in [2.75, 3.05) is 6.61 Å². The zero-order chi connectivity index (χ0) is 15.8. The van der Waals surface area contributed by atoms with E-state index in [1.54, 1.807) is 6.92 Å². The third kappa shape index (κ3) is 2.34. The van der Waals surface area contributed by atoms with Crippen molar-refractivity contribution < 1.29 is 27.5 Å². The zero-order valence-corrected chi connectivity index (χ0v) is 12.2. The summed E-state index contributed by atoms with van der Waals surface area (Å²) in [5.74, 6) is -1.23. The van der Waals surface area contributed by atoms with E-state index in [-0.39, 0.29) is 19.3 Å². The van der Waals surface area contributed by atoms with Gasteiger partial charge in [0.05, 0.1) is 6.61 Å². The zero-order valence-electron chi connectivity index (χ0n) is 11.4. The van der Waals surface area contributed by atoms with Crippen molar-refractivity contribution in [1.29, 1.82) is 0 Å². The molecule has 1 rings (SSSR count). The topological polar surface area (TPSA) is 43.4 Å². The molecule has 0 saturated carbocycles. The maximum Gasteiger partial charge on any atom is 0.409 e. The number of carbonyl (C=O) groups is 2. The second kappa shape index (κ2) is 5.39. The van der Waals surface area contributed by atoms with E-state index in [1.807, 2.05) is 0 Å². The molecule has 7 heteroatoms. The fourth-order valence-corrected chi connectivity index (χ4v) is 2.80. The van der Waals surface area contributed by atoms with Crippen molar-refractivity contribution >= 4 is 23.9 Å². The number of hydrogen-bond acceptors (Lipinski definition) is 3. The summed E-state index contributed by atoms with van der Waals surface area (Å²) in [7, 11) is 0. The highest BCUT2D eigenvalue weighted by Crippen LogP contribution is 2.57. The van der Waals surface area contributed by atoms with Crippen LogP contribution in [0.2, 0.25) is 0 Å². The number of halogens is 4. The minimum atomic E-state index is -4.91. The van der Waals surface area contributed by atoms with E-state index < -0.39 is 28.9 Å². The Morgan fingerprint density at radius 1 is 1.35 bits per heavy atom. The summed E-state index contributed by atoms with van der Waals surface area (Å²) in [4.78, 5) is 20.4. The third-order valence-electron chi connectivity index (χ3n) is 3.78. The van der Waals surface area contributed by atoms with Gasteiger partial charge in [-0.25, -0.2) is 0 Å². The third-order valence-corrected chi connectivity index (χ3v) is 4.46. The molecule has 0 radical (unpaired) electrons. The van der Waals surface area contributed by atoms with E-state index in [0.717, 1.165) is 0 Å². The molecule has 0 N–H and O–H groups in total. The Bertz CT molecular complexity index is 458. The molecule has 3 nitrogen and oxygen atoms in total. The lowest BCUT2D eigenvalue weighted by atomic mass is 9.64. The largest absolute Gasteiger partial charge is 0.465 e. The van der Waals surface area contributed by atoms with E-state index in [2.05, 4.69) is 4.74 Å². The fourth-order valence-electron chi connectivity index (χ4n) is 2.41. The number of hydrogen-bond donors (Lipinski definition) is 0. The molecule has 0 spiro atoms. The van der Waals surface area contributed by atoms with Gasteiger partial charge in [-0.15, -0.1) is 11.6 Å². The number of esters is 1. The van der Waals surface area contributed by atoms with Gasteiger partial charge < -0.3 is 9.53 Å². The monoisotopic (exact) mass is 312 g/mol. The number of allylic oxidation sites excluding steroid dienone is 2. The van der Waals surface area contributed by atoms with Crippen molar-refractivity contribution in [1.82, 2.24) is 0 Å². The lowest BCUT2D eigenvalue weighted by Crippen LogP contribution is -2.61. The van der Waals surface area contributed by atoms with Gasteiger partial charge in [0.1, 0.15) is 6.29 Å². The van der Waals surface area contributed by atoms with Crippen LogP contribution in [0.5, 0.6) is 0 Å². The molecule has 1 aliphatic carbocycles. The Balaban J connectivity index is 3.51. The first-order chi connectivity index (χ1) is 9.05. The minimum Gasteiger partial charge on any atom is -0.465 e. The molecular formula is C13H16ClF3O3. The highest BCUT2D eigenvalue weighted by molar-refractivity contribution is 6.29. The van der Waals surface area contributed by atoms with Gasteiger partial charge in [-0.3, -0.25) is 4.79 Å². The lowest BCUT2D eigenvalue weighted by Gasteiger charge is -2.45. The Kier molecular flexibility index (Phi) is 4.58. The molecule has 1 aliphatic rings. The van der Waals surface area contributed by atoms with Crippen molar-refractivity contribution in [3.63, 3.8) is 0 Å². The van der Waals surface area contributed by atoms with E-state index in [1.165, 1.54) is 13.8 Å². The van der Waals surface area contributed by atoms with Crippen LogP contribution in [0.3, 0.4) is 0 Å². The van der Waals surface area contributed by atoms with Gasteiger partial charge in [-0.05, 0) is 33.6 Å². The summed E-state index contributed by atoms with van der Waals surface area (Å²) in [5.41, 5.74) is -1.46. The Labute approximate surface area is 120 Å². The molecule has 0 amide bonds. The number of alkyl halides is 4. The molecule has 0 saturated heterocycles. The molecule has 0 aromatic rings. The first-order valence-electron chi connectivity index (χ1n) is 6.10. The van der Waals surface area contributed by atoms with Crippen molar-refractivity contribution in [2.45, 2.75) is 44.7 Å². The molecule has 2 unspecified atom stereocenters. The summed E-state index contributed by atoms with van der Waals surface area (Å²) in [6.07, 6.45) is -5.92. The molecular weight excluding hydrogens is 297 g/mol. The summed E-state index contributed by atoms with van der Waals surface area (Å²) in [5, 5.41) is 0. The average molecular weight is 313 g/mol. The number of carbonyl (C=O) groups excluding carboxylic acids is 2. The van der Waals surface area contributed by atoms with Gasteiger partial charge in [0.2, 0.25) is 0 Å². The van der Waals surface area contributed by atoms with Crippen LogP contribution in [0.4, 0.5) is 13.2 Å². The maximum absolute atomic E-state index is 13.4. The van der Waals surface area contributed by atoms with Crippen LogP contribution in [-0.2, 0) is 14.3 Å². The highest BCUT2D eigenvalue weighted by atomic mass is 35.5. The van der Waals surface area contributed by atoms with Crippen molar-refractivity contribution in [3.05, 3.63) is 11.1 Å². The SMILES string of the molecule is CCOC(=O)C1(C=O)CC(C)=C(C)CC1(Cl)C(F)(F)F. The van der Waals surface area contributed by atoms with Crippen LogP contribution in [0.25, 0.3) is 0 Å². The number of ether oxygens (including phenoxy) is 1.